The molecular formula is C14H13BrClF2N3. The van der Waals surface area contributed by atoms with E-state index in [1.54, 1.807) is 6.07 Å². The summed E-state index contributed by atoms with van der Waals surface area (Å²) in [5.74, 6) is -1.58. The van der Waals surface area contributed by atoms with Gasteiger partial charge in [0.25, 0.3) is 0 Å². The van der Waals surface area contributed by atoms with Crippen molar-refractivity contribution in [3.05, 3.63) is 56.7 Å². The van der Waals surface area contributed by atoms with E-state index < -0.39 is 17.7 Å². The van der Waals surface area contributed by atoms with Crippen molar-refractivity contribution in [2.24, 2.45) is 0 Å². The first kappa shape index (κ1) is 16.1. The zero-order valence-electron chi connectivity index (χ0n) is 11.1. The van der Waals surface area contributed by atoms with Gasteiger partial charge in [-0.25, -0.2) is 13.8 Å². The lowest BCUT2D eigenvalue weighted by Crippen LogP contribution is -2.24. The maximum atomic E-state index is 13.8. The summed E-state index contributed by atoms with van der Waals surface area (Å²) in [5.41, 5.74) is 7.01. The molecule has 2 aromatic rings. The Kier molecular flexibility index (Phi) is 5.13. The van der Waals surface area contributed by atoms with Crippen LogP contribution in [0, 0.1) is 11.6 Å². The molecule has 0 saturated heterocycles. The third-order valence-electron chi connectivity index (χ3n) is 3.01. The zero-order chi connectivity index (χ0) is 15.6. The molecule has 21 heavy (non-hydrogen) atoms. The Morgan fingerprint density at radius 2 is 2.10 bits per heavy atom. The number of aromatic nitrogens is 1. The van der Waals surface area contributed by atoms with Crippen molar-refractivity contribution in [2.75, 3.05) is 12.3 Å². The van der Waals surface area contributed by atoms with Crippen LogP contribution in [0.2, 0.25) is 5.02 Å². The van der Waals surface area contributed by atoms with Crippen molar-refractivity contribution >= 4 is 33.3 Å². The highest BCUT2D eigenvalue weighted by atomic mass is 79.9. The monoisotopic (exact) mass is 375 g/mol. The Hall–Kier alpha value is -1.24. The number of benzene rings is 1. The summed E-state index contributed by atoms with van der Waals surface area (Å²) in [4.78, 5) is 4.00. The molecule has 3 nitrogen and oxygen atoms in total. The minimum Gasteiger partial charge on any atom is -0.383 e. The third-order valence-corrected chi connectivity index (χ3v) is 4.02. The van der Waals surface area contributed by atoms with Crippen molar-refractivity contribution < 1.29 is 8.78 Å². The summed E-state index contributed by atoms with van der Waals surface area (Å²) in [5, 5.41) is 3.59. The highest BCUT2D eigenvalue weighted by Gasteiger charge is 2.22. The summed E-state index contributed by atoms with van der Waals surface area (Å²) in [6.07, 6.45) is 1.43. The van der Waals surface area contributed by atoms with Crippen molar-refractivity contribution in [2.45, 2.75) is 13.0 Å². The number of anilines is 1. The predicted molar refractivity (Wildman–Crippen MR) is 83.2 cm³/mol. The van der Waals surface area contributed by atoms with Crippen LogP contribution in [0.15, 0.2) is 28.9 Å². The second-order valence-electron chi connectivity index (χ2n) is 4.38. The van der Waals surface area contributed by atoms with Gasteiger partial charge in [0.05, 0.1) is 15.5 Å². The van der Waals surface area contributed by atoms with Crippen molar-refractivity contribution in [3.8, 4) is 0 Å². The lowest BCUT2D eigenvalue weighted by atomic mass is 9.99. The second-order valence-corrected chi connectivity index (χ2v) is 5.61. The van der Waals surface area contributed by atoms with Gasteiger partial charge in [-0.05, 0) is 40.2 Å². The quantitative estimate of drug-likeness (QED) is 0.791. The molecule has 112 valence electrons. The molecule has 0 spiro atoms. The van der Waals surface area contributed by atoms with Gasteiger partial charge in [-0.2, -0.15) is 0 Å². The van der Waals surface area contributed by atoms with Gasteiger partial charge in [0, 0.05) is 11.8 Å². The number of rotatable bonds is 4. The molecule has 3 N–H and O–H groups in total. The Bertz CT molecular complexity index is 667. The molecule has 1 heterocycles. The topological polar surface area (TPSA) is 50.9 Å². The van der Waals surface area contributed by atoms with Gasteiger partial charge in [0.2, 0.25) is 0 Å². The number of nitrogens with two attached hydrogens (primary N) is 1. The van der Waals surface area contributed by atoms with E-state index in [2.05, 4.69) is 26.2 Å². The summed E-state index contributed by atoms with van der Waals surface area (Å²) in [6.45, 7) is 2.50. The molecule has 0 saturated carbocycles. The smallest absolute Gasteiger partial charge is 0.173 e. The van der Waals surface area contributed by atoms with Gasteiger partial charge >= 0.3 is 0 Å². The standard InChI is InChI=1S/C14H13BrClF2N3/c1-2-20-13(9-5-7(16)6-21-14(9)19)8-3-4-10(17)12(18)11(8)15/h3-6,13,20H,2H2,1H3,(H2,19,21). The van der Waals surface area contributed by atoms with Gasteiger partial charge in [-0.3, -0.25) is 0 Å². The van der Waals surface area contributed by atoms with Crippen LogP contribution in [-0.4, -0.2) is 11.5 Å². The lowest BCUT2D eigenvalue weighted by Gasteiger charge is -2.21. The normalized spacial score (nSPS) is 12.4. The molecule has 1 aromatic carbocycles. The molecule has 0 amide bonds. The van der Waals surface area contributed by atoms with E-state index in [1.807, 2.05) is 6.92 Å². The first-order valence-electron chi connectivity index (χ1n) is 6.23. The van der Waals surface area contributed by atoms with Crippen molar-refractivity contribution in [3.63, 3.8) is 0 Å². The van der Waals surface area contributed by atoms with E-state index in [1.165, 1.54) is 12.3 Å². The maximum absolute atomic E-state index is 13.8. The Morgan fingerprint density at radius 3 is 2.76 bits per heavy atom. The molecule has 1 atom stereocenters. The molecule has 1 aromatic heterocycles. The minimum absolute atomic E-state index is 0.0489. The molecule has 0 fully saturated rings. The largest absolute Gasteiger partial charge is 0.383 e. The number of nitrogen functional groups attached to an aromatic ring is 1. The Morgan fingerprint density at radius 1 is 1.38 bits per heavy atom. The molecular weight excluding hydrogens is 364 g/mol. The molecule has 2 rings (SSSR count). The van der Waals surface area contributed by atoms with Gasteiger partial charge < -0.3 is 11.1 Å². The van der Waals surface area contributed by atoms with Crippen LogP contribution in [0.4, 0.5) is 14.6 Å². The molecule has 1 unspecified atom stereocenters. The molecule has 7 heteroatoms. The number of halogens is 4. The third kappa shape index (κ3) is 3.33. The van der Waals surface area contributed by atoms with E-state index >= 15 is 0 Å². The Labute approximate surface area is 134 Å². The highest BCUT2D eigenvalue weighted by molar-refractivity contribution is 9.10. The van der Waals surface area contributed by atoms with Gasteiger partial charge in [0.15, 0.2) is 11.6 Å². The maximum Gasteiger partial charge on any atom is 0.173 e. The minimum atomic E-state index is -0.941. The van der Waals surface area contributed by atoms with Crippen LogP contribution < -0.4 is 11.1 Å². The first-order valence-corrected chi connectivity index (χ1v) is 7.40. The van der Waals surface area contributed by atoms with E-state index in [4.69, 9.17) is 17.3 Å². The predicted octanol–water partition coefficient (Wildman–Crippen LogP) is 4.06. The van der Waals surface area contributed by atoms with Gasteiger partial charge in [-0.15, -0.1) is 0 Å². The van der Waals surface area contributed by atoms with E-state index in [-0.39, 0.29) is 10.3 Å². The summed E-state index contributed by atoms with van der Waals surface area (Å²) < 4.78 is 27.1. The van der Waals surface area contributed by atoms with E-state index in [0.717, 1.165) is 6.07 Å². The number of pyridine rings is 1. The second kappa shape index (κ2) is 6.68. The van der Waals surface area contributed by atoms with E-state index in [9.17, 15) is 8.78 Å². The van der Waals surface area contributed by atoms with Crippen molar-refractivity contribution in [1.82, 2.24) is 10.3 Å². The fourth-order valence-corrected chi connectivity index (χ4v) is 2.77. The SMILES string of the molecule is CCNC(c1cc(Cl)cnc1N)c1ccc(F)c(F)c1Br. The fourth-order valence-electron chi connectivity index (χ4n) is 2.05. The number of nitrogens with zero attached hydrogens (tertiary/aromatic N) is 1. The van der Waals surface area contributed by atoms with Gasteiger partial charge in [0.1, 0.15) is 5.82 Å². The lowest BCUT2D eigenvalue weighted by molar-refractivity contribution is 0.498. The average molecular weight is 377 g/mol. The first-order chi connectivity index (χ1) is 9.95. The average Bonchev–Trinajstić information content (AvgIpc) is 2.46. The molecule has 0 bridgehead atoms. The summed E-state index contributed by atoms with van der Waals surface area (Å²) in [6, 6.07) is 3.78. The molecule has 0 aliphatic heterocycles. The van der Waals surface area contributed by atoms with Crippen LogP contribution in [0.25, 0.3) is 0 Å². The van der Waals surface area contributed by atoms with Gasteiger partial charge in [-0.1, -0.05) is 24.6 Å². The van der Waals surface area contributed by atoms with Crippen LogP contribution in [-0.2, 0) is 0 Å². The van der Waals surface area contributed by atoms with Crippen LogP contribution in [0.1, 0.15) is 24.1 Å². The van der Waals surface area contributed by atoms with Crippen LogP contribution in [0.5, 0.6) is 0 Å². The molecule has 0 aliphatic carbocycles. The fraction of sp³-hybridized carbons (Fsp3) is 0.214. The number of hydrogen-bond acceptors (Lipinski definition) is 3. The summed E-state index contributed by atoms with van der Waals surface area (Å²) in [7, 11) is 0. The highest BCUT2D eigenvalue weighted by Crippen LogP contribution is 2.34. The van der Waals surface area contributed by atoms with Crippen LogP contribution in [0.3, 0.4) is 0 Å². The van der Waals surface area contributed by atoms with E-state index in [0.29, 0.717) is 22.7 Å². The number of hydrogen-bond donors (Lipinski definition) is 2. The van der Waals surface area contributed by atoms with Crippen molar-refractivity contribution in [1.29, 1.82) is 0 Å². The zero-order valence-corrected chi connectivity index (χ0v) is 13.5. The Balaban J connectivity index is 2.59. The molecule has 0 aliphatic rings. The summed E-state index contributed by atoms with van der Waals surface area (Å²) >= 11 is 9.05. The van der Waals surface area contributed by atoms with Crippen LogP contribution >= 0.6 is 27.5 Å². The number of nitrogens with one attached hydrogen (secondary N) is 1. The molecule has 0 radical (unpaired) electrons.